The van der Waals surface area contributed by atoms with Crippen molar-refractivity contribution in [2.75, 3.05) is 52.5 Å². The van der Waals surface area contributed by atoms with Crippen LogP contribution in [0.15, 0.2) is 0 Å². The zero-order chi connectivity index (χ0) is 11.1. The lowest BCUT2D eigenvalue weighted by Crippen LogP contribution is -2.48. The number of aliphatic hydroxyl groups is 1. The molecular weight excluding hydrogens is 192 g/mol. The SMILES string of the molecule is CCOCCN1CCN(C[C@H](C)O)CC1. The Kier molecular flexibility index (Phi) is 6.17. The molecule has 1 rings (SSSR count). The van der Waals surface area contributed by atoms with Gasteiger partial charge in [-0.25, -0.2) is 0 Å². The third-order valence-corrected chi connectivity index (χ3v) is 2.74. The van der Waals surface area contributed by atoms with Gasteiger partial charge in [-0.2, -0.15) is 0 Å². The number of hydrogen-bond donors (Lipinski definition) is 1. The van der Waals surface area contributed by atoms with Crippen LogP contribution in [0, 0.1) is 0 Å². The van der Waals surface area contributed by atoms with Crippen LogP contribution in [0.25, 0.3) is 0 Å². The van der Waals surface area contributed by atoms with Gasteiger partial charge in [0.1, 0.15) is 0 Å². The molecule has 0 saturated carbocycles. The molecule has 0 bridgehead atoms. The molecule has 1 N–H and O–H groups in total. The highest BCUT2D eigenvalue weighted by atomic mass is 16.5. The van der Waals surface area contributed by atoms with E-state index in [1.807, 2.05) is 13.8 Å². The minimum Gasteiger partial charge on any atom is -0.392 e. The molecule has 0 radical (unpaired) electrons. The van der Waals surface area contributed by atoms with Crippen molar-refractivity contribution in [3.8, 4) is 0 Å². The van der Waals surface area contributed by atoms with Gasteiger partial charge in [-0.3, -0.25) is 9.80 Å². The maximum atomic E-state index is 9.27. The third kappa shape index (κ3) is 5.47. The summed E-state index contributed by atoms with van der Waals surface area (Å²) in [6, 6.07) is 0. The summed E-state index contributed by atoms with van der Waals surface area (Å²) in [4.78, 5) is 4.75. The van der Waals surface area contributed by atoms with Gasteiger partial charge in [0.15, 0.2) is 0 Å². The average molecular weight is 216 g/mol. The maximum Gasteiger partial charge on any atom is 0.0639 e. The summed E-state index contributed by atoms with van der Waals surface area (Å²) in [5.41, 5.74) is 0. The van der Waals surface area contributed by atoms with Gasteiger partial charge in [-0.1, -0.05) is 0 Å². The Hall–Kier alpha value is -0.160. The molecule has 1 aliphatic heterocycles. The van der Waals surface area contributed by atoms with Crippen molar-refractivity contribution in [1.82, 2.24) is 9.80 Å². The molecule has 15 heavy (non-hydrogen) atoms. The lowest BCUT2D eigenvalue weighted by Gasteiger charge is -2.35. The number of hydrogen-bond acceptors (Lipinski definition) is 4. The average Bonchev–Trinajstić information content (AvgIpc) is 2.20. The molecule has 0 spiro atoms. The number of piperazine rings is 1. The molecule has 0 aromatic heterocycles. The van der Waals surface area contributed by atoms with E-state index in [1.54, 1.807) is 0 Å². The lowest BCUT2D eigenvalue weighted by molar-refractivity contribution is 0.0599. The summed E-state index contributed by atoms with van der Waals surface area (Å²) in [7, 11) is 0. The van der Waals surface area contributed by atoms with Crippen molar-refractivity contribution in [1.29, 1.82) is 0 Å². The highest BCUT2D eigenvalue weighted by Gasteiger charge is 2.17. The molecule has 0 unspecified atom stereocenters. The van der Waals surface area contributed by atoms with E-state index < -0.39 is 0 Å². The van der Waals surface area contributed by atoms with Crippen molar-refractivity contribution in [3.05, 3.63) is 0 Å². The molecule has 0 aliphatic carbocycles. The van der Waals surface area contributed by atoms with E-state index in [0.717, 1.165) is 52.5 Å². The molecule has 90 valence electrons. The minimum absolute atomic E-state index is 0.208. The summed E-state index contributed by atoms with van der Waals surface area (Å²) in [6.07, 6.45) is -0.208. The van der Waals surface area contributed by atoms with Crippen LogP contribution >= 0.6 is 0 Å². The number of aliphatic hydroxyl groups excluding tert-OH is 1. The summed E-state index contributed by atoms with van der Waals surface area (Å²) >= 11 is 0. The molecule has 1 fully saturated rings. The predicted molar refractivity (Wildman–Crippen MR) is 61.1 cm³/mol. The van der Waals surface area contributed by atoms with E-state index in [1.165, 1.54) is 0 Å². The summed E-state index contributed by atoms with van der Waals surface area (Å²) < 4.78 is 5.33. The fourth-order valence-corrected chi connectivity index (χ4v) is 1.91. The fraction of sp³-hybridized carbons (Fsp3) is 1.00. The van der Waals surface area contributed by atoms with Crippen molar-refractivity contribution in [2.24, 2.45) is 0 Å². The number of rotatable bonds is 6. The second kappa shape index (κ2) is 7.17. The van der Waals surface area contributed by atoms with Crippen molar-refractivity contribution < 1.29 is 9.84 Å². The van der Waals surface area contributed by atoms with Gasteiger partial charge in [0.25, 0.3) is 0 Å². The summed E-state index contributed by atoms with van der Waals surface area (Å²) in [5.74, 6) is 0. The van der Waals surface area contributed by atoms with E-state index in [-0.39, 0.29) is 6.10 Å². The topological polar surface area (TPSA) is 35.9 Å². The van der Waals surface area contributed by atoms with Crippen LogP contribution in [0.5, 0.6) is 0 Å². The Morgan fingerprint density at radius 1 is 1.20 bits per heavy atom. The molecule has 4 heteroatoms. The van der Waals surface area contributed by atoms with E-state index in [2.05, 4.69) is 9.80 Å². The zero-order valence-corrected chi connectivity index (χ0v) is 9.98. The van der Waals surface area contributed by atoms with E-state index in [0.29, 0.717) is 0 Å². The highest BCUT2D eigenvalue weighted by Crippen LogP contribution is 2.02. The molecule has 0 aromatic carbocycles. The molecule has 1 saturated heterocycles. The quantitative estimate of drug-likeness (QED) is 0.635. The van der Waals surface area contributed by atoms with Crippen LogP contribution in [-0.2, 0) is 4.74 Å². The number of ether oxygens (including phenoxy) is 1. The first-order valence-electron chi connectivity index (χ1n) is 5.93. The van der Waals surface area contributed by atoms with Crippen LogP contribution in [0.2, 0.25) is 0 Å². The van der Waals surface area contributed by atoms with Crippen molar-refractivity contribution in [2.45, 2.75) is 20.0 Å². The van der Waals surface area contributed by atoms with Gasteiger partial charge >= 0.3 is 0 Å². The van der Waals surface area contributed by atoms with E-state index in [9.17, 15) is 5.11 Å². The smallest absolute Gasteiger partial charge is 0.0639 e. The number of β-amino-alcohol motifs (C(OH)–C–C–N with tert-alkyl or cyclic N) is 1. The van der Waals surface area contributed by atoms with Gasteiger partial charge in [0.2, 0.25) is 0 Å². The van der Waals surface area contributed by atoms with Gasteiger partial charge < -0.3 is 9.84 Å². The zero-order valence-electron chi connectivity index (χ0n) is 9.98. The number of nitrogens with zero attached hydrogens (tertiary/aromatic N) is 2. The molecule has 1 heterocycles. The first kappa shape index (κ1) is 12.9. The molecule has 0 amide bonds. The molecular formula is C11H24N2O2. The molecule has 0 aromatic rings. The Labute approximate surface area is 92.8 Å². The van der Waals surface area contributed by atoms with Crippen LogP contribution in [0.1, 0.15) is 13.8 Å². The Balaban J connectivity index is 2.07. The summed E-state index contributed by atoms with van der Waals surface area (Å²) in [5, 5.41) is 9.27. The van der Waals surface area contributed by atoms with Gasteiger partial charge in [0.05, 0.1) is 12.7 Å². The summed E-state index contributed by atoms with van der Waals surface area (Å²) in [6.45, 7) is 11.7. The third-order valence-electron chi connectivity index (χ3n) is 2.74. The van der Waals surface area contributed by atoms with Crippen LogP contribution in [0.4, 0.5) is 0 Å². The van der Waals surface area contributed by atoms with Crippen LogP contribution < -0.4 is 0 Å². The maximum absolute atomic E-state index is 9.27. The monoisotopic (exact) mass is 216 g/mol. The van der Waals surface area contributed by atoms with Crippen LogP contribution in [0.3, 0.4) is 0 Å². The Bertz CT molecular complexity index is 157. The van der Waals surface area contributed by atoms with Crippen molar-refractivity contribution >= 4 is 0 Å². The van der Waals surface area contributed by atoms with E-state index >= 15 is 0 Å². The van der Waals surface area contributed by atoms with Crippen molar-refractivity contribution in [3.63, 3.8) is 0 Å². The van der Waals surface area contributed by atoms with Gasteiger partial charge in [0, 0.05) is 45.9 Å². The molecule has 1 aliphatic rings. The van der Waals surface area contributed by atoms with Crippen LogP contribution in [-0.4, -0.2) is 73.5 Å². The second-order valence-corrected chi connectivity index (χ2v) is 4.19. The van der Waals surface area contributed by atoms with E-state index in [4.69, 9.17) is 4.74 Å². The van der Waals surface area contributed by atoms with Gasteiger partial charge in [-0.15, -0.1) is 0 Å². The standard InChI is InChI=1S/C11H24N2O2/c1-3-15-9-8-12-4-6-13(7-5-12)10-11(2)14/h11,14H,3-10H2,1-2H3/t11-/m0/s1. The first-order valence-corrected chi connectivity index (χ1v) is 5.93. The lowest BCUT2D eigenvalue weighted by atomic mass is 10.3. The Morgan fingerprint density at radius 2 is 1.80 bits per heavy atom. The second-order valence-electron chi connectivity index (χ2n) is 4.19. The predicted octanol–water partition coefficient (Wildman–Crippen LogP) is 0.0213. The normalized spacial score (nSPS) is 21.8. The minimum atomic E-state index is -0.208. The Morgan fingerprint density at radius 3 is 2.33 bits per heavy atom. The first-order chi connectivity index (χ1) is 7.22. The fourth-order valence-electron chi connectivity index (χ4n) is 1.91. The highest BCUT2D eigenvalue weighted by molar-refractivity contribution is 4.72. The largest absolute Gasteiger partial charge is 0.392 e. The molecule has 4 nitrogen and oxygen atoms in total. The molecule has 1 atom stereocenters. The van der Waals surface area contributed by atoms with Gasteiger partial charge in [-0.05, 0) is 13.8 Å².